The van der Waals surface area contributed by atoms with Gasteiger partial charge in [-0.1, -0.05) is 0 Å². The third-order valence-corrected chi connectivity index (χ3v) is 5.43. The van der Waals surface area contributed by atoms with Crippen LogP contribution in [0.4, 0.5) is 0 Å². The molecule has 24 heavy (non-hydrogen) atoms. The fourth-order valence-corrected chi connectivity index (χ4v) is 3.79. The Bertz CT molecular complexity index is 753. The minimum absolute atomic E-state index is 0.170. The van der Waals surface area contributed by atoms with Crippen LogP contribution in [0.5, 0.6) is 0 Å². The van der Waals surface area contributed by atoms with E-state index in [-0.39, 0.29) is 23.2 Å². The van der Waals surface area contributed by atoms with E-state index in [0.717, 1.165) is 29.7 Å². The molecule has 0 aromatic carbocycles. The highest BCUT2D eigenvalue weighted by Gasteiger charge is 2.28. The van der Waals surface area contributed by atoms with Gasteiger partial charge < -0.3 is 10.0 Å². The molecule has 1 amide bonds. The Morgan fingerprint density at radius 1 is 1.25 bits per heavy atom. The fraction of sp³-hybridized carbons (Fsp3) is 0.438. The molecular weight excluding hydrogens is 328 g/mol. The molecule has 0 spiro atoms. The molecule has 0 saturated carbocycles. The number of amides is 1. The van der Waals surface area contributed by atoms with Crippen LogP contribution in [-0.2, 0) is 0 Å². The Kier molecular flexibility index (Phi) is 4.57. The third-order valence-electron chi connectivity index (χ3n) is 4.19. The third kappa shape index (κ3) is 3.28. The smallest absolute Gasteiger partial charge is 0.356 e. The quantitative estimate of drug-likeness (QED) is 0.916. The van der Waals surface area contributed by atoms with Crippen molar-refractivity contribution in [2.45, 2.75) is 32.6 Å². The van der Waals surface area contributed by atoms with Gasteiger partial charge in [0.25, 0.3) is 5.91 Å². The Balaban J connectivity index is 1.74. The summed E-state index contributed by atoms with van der Waals surface area (Å²) in [6.45, 7) is 5.33. The first-order valence-electron chi connectivity index (χ1n) is 7.74. The number of hydrogen-bond donors (Lipinski definition) is 1. The number of hydrogen-bond acceptors (Lipinski definition) is 6. The Hall–Kier alpha value is -2.35. The number of piperidine rings is 1. The summed E-state index contributed by atoms with van der Waals surface area (Å²) in [5.41, 5.74) is 1.05. The number of aromatic nitrogens is 3. The first kappa shape index (κ1) is 16.5. The summed E-state index contributed by atoms with van der Waals surface area (Å²) >= 11 is 1.69. The molecular formula is C16H18N4O3S. The number of nitrogens with zero attached hydrogens (tertiary/aromatic N) is 4. The molecule has 8 heteroatoms. The van der Waals surface area contributed by atoms with Crippen LogP contribution in [0.1, 0.15) is 55.3 Å². The van der Waals surface area contributed by atoms with E-state index in [1.807, 2.05) is 6.92 Å². The summed E-state index contributed by atoms with van der Waals surface area (Å²) in [5.74, 6) is -1.13. The van der Waals surface area contributed by atoms with E-state index in [1.165, 1.54) is 11.1 Å². The molecule has 1 fully saturated rings. The highest BCUT2D eigenvalue weighted by molar-refractivity contribution is 7.11. The second-order valence-electron chi connectivity index (χ2n) is 5.88. The van der Waals surface area contributed by atoms with Gasteiger partial charge in [0, 0.05) is 23.9 Å². The lowest BCUT2D eigenvalue weighted by molar-refractivity contribution is 0.0677. The summed E-state index contributed by atoms with van der Waals surface area (Å²) in [7, 11) is 0. The molecule has 0 radical (unpaired) electrons. The van der Waals surface area contributed by atoms with Crippen molar-refractivity contribution >= 4 is 23.2 Å². The zero-order valence-corrected chi connectivity index (χ0v) is 14.3. The lowest BCUT2D eigenvalue weighted by Gasteiger charge is -2.31. The maximum absolute atomic E-state index is 12.6. The number of carbonyl (C=O) groups is 2. The molecule has 0 bridgehead atoms. The number of carbonyl (C=O) groups excluding carboxylic acids is 1. The molecule has 0 aliphatic carbocycles. The lowest BCUT2D eigenvalue weighted by atomic mass is 9.98. The van der Waals surface area contributed by atoms with Gasteiger partial charge in [0.15, 0.2) is 5.69 Å². The van der Waals surface area contributed by atoms with Crippen LogP contribution < -0.4 is 0 Å². The van der Waals surface area contributed by atoms with Crippen LogP contribution in [-0.4, -0.2) is 49.9 Å². The average Bonchev–Trinajstić information content (AvgIpc) is 2.93. The Labute approximate surface area is 143 Å². The second-order valence-corrected chi connectivity index (χ2v) is 7.11. The van der Waals surface area contributed by atoms with E-state index >= 15 is 0 Å². The second kappa shape index (κ2) is 6.64. The van der Waals surface area contributed by atoms with Crippen molar-refractivity contribution < 1.29 is 14.7 Å². The van der Waals surface area contributed by atoms with Crippen LogP contribution in [0.25, 0.3) is 0 Å². The summed E-state index contributed by atoms with van der Waals surface area (Å²) in [6, 6.07) is 0. The molecule has 2 aromatic heterocycles. The zero-order valence-electron chi connectivity index (χ0n) is 13.5. The van der Waals surface area contributed by atoms with Gasteiger partial charge in [-0.3, -0.25) is 4.79 Å². The van der Waals surface area contributed by atoms with Gasteiger partial charge in [0.2, 0.25) is 0 Å². The largest absolute Gasteiger partial charge is 0.476 e. The summed E-state index contributed by atoms with van der Waals surface area (Å²) < 4.78 is 0. The molecule has 1 atom stereocenters. The molecule has 3 heterocycles. The van der Waals surface area contributed by atoms with E-state index in [2.05, 4.69) is 21.9 Å². The van der Waals surface area contributed by atoms with Crippen molar-refractivity contribution in [2.24, 2.45) is 0 Å². The van der Waals surface area contributed by atoms with Gasteiger partial charge in [0.05, 0.1) is 23.1 Å². The molecule has 3 rings (SSSR count). The fourth-order valence-electron chi connectivity index (χ4n) is 2.75. The van der Waals surface area contributed by atoms with Gasteiger partial charge in [0.1, 0.15) is 5.69 Å². The molecule has 1 N–H and O–H groups in total. The van der Waals surface area contributed by atoms with Crippen LogP contribution in [0.2, 0.25) is 0 Å². The lowest BCUT2D eigenvalue weighted by Crippen LogP contribution is -2.39. The maximum Gasteiger partial charge on any atom is 0.356 e. The van der Waals surface area contributed by atoms with Crippen LogP contribution in [0, 0.1) is 13.8 Å². The van der Waals surface area contributed by atoms with Gasteiger partial charge >= 0.3 is 5.97 Å². The van der Waals surface area contributed by atoms with E-state index in [0.29, 0.717) is 13.1 Å². The molecule has 2 aromatic rings. The Morgan fingerprint density at radius 3 is 2.54 bits per heavy atom. The molecule has 7 nitrogen and oxygen atoms in total. The monoisotopic (exact) mass is 346 g/mol. The maximum atomic E-state index is 12.6. The summed E-state index contributed by atoms with van der Waals surface area (Å²) in [4.78, 5) is 38.7. The first-order chi connectivity index (χ1) is 11.5. The molecule has 126 valence electrons. The van der Waals surface area contributed by atoms with E-state index in [1.54, 1.807) is 16.2 Å². The highest BCUT2D eigenvalue weighted by atomic mass is 32.1. The van der Waals surface area contributed by atoms with Crippen molar-refractivity contribution in [2.75, 3.05) is 13.1 Å². The number of thiazole rings is 1. The first-order valence-corrected chi connectivity index (χ1v) is 8.56. The molecule has 1 aliphatic rings. The number of likely N-dealkylation sites (tertiary alicyclic amines) is 1. The minimum atomic E-state index is -1.16. The Morgan fingerprint density at radius 2 is 1.96 bits per heavy atom. The summed E-state index contributed by atoms with van der Waals surface area (Å²) in [6.07, 6.45) is 4.27. The van der Waals surface area contributed by atoms with Gasteiger partial charge in [-0.25, -0.2) is 19.7 Å². The normalized spacial score (nSPS) is 17.8. The van der Waals surface area contributed by atoms with Gasteiger partial charge in [-0.2, -0.15) is 0 Å². The standard InChI is InChI=1S/C16H18N4O3S/c1-9-10(2)24-14(19-9)11-4-3-5-20(8-11)15(21)12-6-18-13(7-17-12)16(22)23/h6-7,11H,3-5,8H2,1-2H3,(H,22,23). The molecule has 1 aliphatic heterocycles. The number of aromatic carboxylic acids is 1. The minimum Gasteiger partial charge on any atom is -0.476 e. The van der Waals surface area contributed by atoms with E-state index in [4.69, 9.17) is 5.11 Å². The van der Waals surface area contributed by atoms with Crippen molar-refractivity contribution in [3.8, 4) is 0 Å². The highest BCUT2D eigenvalue weighted by Crippen LogP contribution is 2.31. The number of carboxylic acids is 1. The number of rotatable bonds is 3. The van der Waals surface area contributed by atoms with E-state index < -0.39 is 5.97 Å². The SMILES string of the molecule is Cc1nc(C2CCCN(C(=O)c3cnc(C(=O)O)cn3)C2)sc1C. The zero-order chi connectivity index (χ0) is 17.3. The van der Waals surface area contributed by atoms with Crippen molar-refractivity contribution in [3.05, 3.63) is 39.4 Å². The van der Waals surface area contributed by atoms with Crippen molar-refractivity contribution in [1.29, 1.82) is 0 Å². The van der Waals surface area contributed by atoms with Crippen molar-refractivity contribution in [3.63, 3.8) is 0 Å². The van der Waals surface area contributed by atoms with E-state index in [9.17, 15) is 9.59 Å². The van der Waals surface area contributed by atoms with Crippen LogP contribution in [0.15, 0.2) is 12.4 Å². The number of carboxylic acid groups (broad SMARTS) is 1. The number of aryl methyl sites for hydroxylation is 2. The average molecular weight is 346 g/mol. The predicted molar refractivity (Wildman–Crippen MR) is 88.5 cm³/mol. The van der Waals surface area contributed by atoms with Gasteiger partial charge in [-0.15, -0.1) is 11.3 Å². The molecule has 1 unspecified atom stereocenters. The topological polar surface area (TPSA) is 96.3 Å². The van der Waals surface area contributed by atoms with Crippen molar-refractivity contribution in [1.82, 2.24) is 19.9 Å². The van der Waals surface area contributed by atoms with Crippen LogP contribution >= 0.6 is 11.3 Å². The van der Waals surface area contributed by atoms with Gasteiger partial charge in [-0.05, 0) is 26.7 Å². The predicted octanol–water partition coefficient (Wildman–Crippen LogP) is 2.27. The molecule has 1 saturated heterocycles. The van der Waals surface area contributed by atoms with Crippen LogP contribution in [0.3, 0.4) is 0 Å². The summed E-state index contributed by atoms with van der Waals surface area (Å²) in [5, 5.41) is 9.92.